The lowest BCUT2D eigenvalue weighted by molar-refractivity contribution is 0.892. The Morgan fingerprint density at radius 3 is 2.53 bits per heavy atom. The van der Waals surface area contributed by atoms with Gasteiger partial charge in [0, 0.05) is 19.2 Å². The maximum absolute atomic E-state index is 6.25. The molecule has 2 N–H and O–H groups in total. The van der Waals surface area contributed by atoms with Crippen molar-refractivity contribution in [3.63, 3.8) is 0 Å². The SMILES string of the molecule is Cc1ccc(C(N)c2cc(Br)c(C)s2)cc1Cl. The number of halogens is 2. The molecule has 17 heavy (non-hydrogen) atoms. The Balaban J connectivity index is 2.36. The summed E-state index contributed by atoms with van der Waals surface area (Å²) in [4.78, 5) is 2.39. The average Bonchev–Trinajstić information content (AvgIpc) is 2.62. The minimum atomic E-state index is -0.108. The zero-order valence-electron chi connectivity index (χ0n) is 9.63. The van der Waals surface area contributed by atoms with Crippen molar-refractivity contribution in [2.75, 3.05) is 0 Å². The molecule has 90 valence electrons. The lowest BCUT2D eigenvalue weighted by Gasteiger charge is -2.11. The van der Waals surface area contributed by atoms with Crippen LogP contribution in [0.5, 0.6) is 0 Å². The normalized spacial score (nSPS) is 12.8. The molecule has 0 aliphatic carbocycles. The monoisotopic (exact) mass is 329 g/mol. The Kier molecular flexibility index (Phi) is 3.93. The summed E-state index contributed by atoms with van der Waals surface area (Å²) in [5.74, 6) is 0. The molecular formula is C13H13BrClNS. The van der Waals surface area contributed by atoms with Crippen LogP contribution in [-0.4, -0.2) is 0 Å². The molecule has 0 spiro atoms. The second kappa shape index (κ2) is 5.11. The summed E-state index contributed by atoms with van der Waals surface area (Å²) < 4.78 is 1.12. The fourth-order valence-electron chi connectivity index (χ4n) is 1.60. The molecule has 0 fully saturated rings. The number of aryl methyl sites for hydroxylation is 2. The second-order valence-electron chi connectivity index (χ2n) is 4.04. The molecule has 0 saturated heterocycles. The van der Waals surface area contributed by atoms with Gasteiger partial charge in [0.05, 0.1) is 6.04 Å². The van der Waals surface area contributed by atoms with E-state index in [1.165, 1.54) is 4.88 Å². The zero-order chi connectivity index (χ0) is 12.6. The molecule has 1 nitrogen and oxygen atoms in total. The summed E-state index contributed by atoms with van der Waals surface area (Å²) in [5.41, 5.74) is 8.37. The van der Waals surface area contributed by atoms with E-state index < -0.39 is 0 Å². The van der Waals surface area contributed by atoms with Crippen LogP contribution in [0.1, 0.15) is 26.9 Å². The lowest BCUT2D eigenvalue weighted by Crippen LogP contribution is -2.10. The van der Waals surface area contributed by atoms with Crippen LogP contribution in [0, 0.1) is 13.8 Å². The summed E-state index contributed by atoms with van der Waals surface area (Å²) in [7, 11) is 0. The van der Waals surface area contributed by atoms with Gasteiger partial charge in [-0.1, -0.05) is 23.7 Å². The molecule has 0 aliphatic heterocycles. The predicted molar refractivity (Wildman–Crippen MR) is 79.0 cm³/mol. The Bertz CT molecular complexity index is 531. The molecule has 1 unspecified atom stereocenters. The smallest absolute Gasteiger partial charge is 0.0647 e. The fourth-order valence-corrected chi connectivity index (χ4v) is 3.38. The predicted octanol–water partition coefficient (Wildman–Crippen LogP) is 4.83. The van der Waals surface area contributed by atoms with Crippen LogP contribution in [-0.2, 0) is 0 Å². The van der Waals surface area contributed by atoms with Crippen molar-refractivity contribution in [2.24, 2.45) is 5.73 Å². The minimum Gasteiger partial charge on any atom is -0.320 e. The highest BCUT2D eigenvalue weighted by Gasteiger charge is 2.13. The Labute approximate surface area is 119 Å². The Morgan fingerprint density at radius 2 is 2.00 bits per heavy atom. The third-order valence-corrected chi connectivity index (χ3v) is 5.36. The summed E-state index contributed by atoms with van der Waals surface area (Å²) >= 11 is 11.3. The second-order valence-corrected chi connectivity index (χ2v) is 6.59. The van der Waals surface area contributed by atoms with Crippen molar-refractivity contribution in [3.8, 4) is 0 Å². The van der Waals surface area contributed by atoms with Gasteiger partial charge >= 0.3 is 0 Å². The maximum Gasteiger partial charge on any atom is 0.0647 e. The summed E-state index contributed by atoms with van der Waals surface area (Å²) in [5, 5.41) is 0.769. The maximum atomic E-state index is 6.25. The van der Waals surface area contributed by atoms with E-state index in [-0.39, 0.29) is 6.04 Å². The third-order valence-electron chi connectivity index (χ3n) is 2.74. The van der Waals surface area contributed by atoms with Gasteiger partial charge in [-0.2, -0.15) is 0 Å². The van der Waals surface area contributed by atoms with Gasteiger partial charge in [0.25, 0.3) is 0 Å². The first-order valence-electron chi connectivity index (χ1n) is 5.26. The summed E-state index contributed by atoms with van der Waals surface area (Å²) in [6, 6.07) is 7.97. The molecule has 0 bridgehead atoms. The largest absolute Gasteiger partial charge is 0.320 e. The molecule has 0 amide bonds. The Morgan fingerprint density at radius 1 is 1.29 bits per heavy atom. The van der Waals surface area contributed by atoms with Crippen LogP contribution >= 0.6 is 38.9 Å². The van der Waals surface area contributed by atoms with Crippen molar-refractivity contribution >= 4 is 38.9 Å². The van der Waals surface area contributed by atoms with E-state index in [1.807, 2.05) is 25.1 Å². The Hall–Kier alpha value is -0.350. The number of rotatable bonds is 2. The molecule has 1 heterocycles. The van der Waals surface area contributed by atoms with Crippen molar-refractivity contribution in [3.05, 3.63) is 54.6 Å². The number of nitrogens with two attached hydrogens (primary N) is 1. The van der Waals surface area contributed by atoms with Gasteiger partial charge in [-0.15, -0.1) is 11.3 Å². The van der Waals surface area contributed by atoms with Crippen molar-refractivity contribution < 1.29 is 0 Å². The molecule has 0 radical (unpaired) electrons. The van der Waals surface area contributed by atoms with Gasteiger partial charge in [-0.25, -0.2) is 0 Å². The standard InChI is InChI=1S/C13H13BrClNS/c1-7-3-4-9(5-11(7)15)13(16)12-6-10(14)8(2)17-12/h3-6,13H,16H2,1-2H3. The molecular weight excluding hydrogens is 318 g/mol. The molecule has 1 aromatic heterocycles. The van der Waals surface area contributed by atoms with E-state index in [1.54, 1.807) is 11.3 Å². The molecule has 0 saturated carbocycles. The van der Waals surface area contributed by atoms with Gasteiger partial charge in [0.15, 0.2) is 0 Å². The highest BCUT2D eigenvalue weighted by Crippen LogP contribution is 2.33. The lowest BCUT2D eigenvalue weighted by atomic mass is 10.0. The van der Waals surface area contributed by atoms with E-state index in [0.29, 0.717) is 0 Å². The summed E-state index contributed by atoms with van der Waals surface area (Å²) in [6.07, 6.45) is 0. The van der Waals surface area contributed by atoms with Crippen LogP contribution in [0.2, 0.25) is 5.02 Å². The first kappa shape index (κ1) is 13.1. The van der Waals surface area contributed by atoms with Gasteiger partial charge in [0.1, 0.15) is 0 Å². The van der Waals surface area contributed by atoms with Gasteiger partial charge in [-0.05, 0) is 53.0 Å². The quantitative estimate of drug-likeness (QED) is 0.838. The van der Waals surface area contributed by atoms with Crippen LogP contribution in [0.15, 0.2) is 28.7 Å². The molecule has 4 heteroatoms. The highest BCUT2D eigenvalue weighted by atomic mass is 79.9. The zero-order valence-corrected chi connectivity index (χ0v) is 12.8. The van der Waals surface area contributed by atoms with Crippen molar-refractivity contribution in [1.82, 2.24) is 0 Å². The van der Waals surface area contributed by atoms with E-state index in [0.717, 1.165) is 25.5 Å². The van der Waals surface area contributed by atoms with Crippen molar-refractivity contribution in [2.45, 2.75) is 19.9 Å². The molecule has 0 aliphatic rings. The van der Waals surface area contributed by atoms with Crippen molar-refractivity contribution in [1.29, 1.82) is 0 Å². The average molecular weight is 331 g/mol. The molecule has 1 atom stereocenters. The number of benzene rings is 1. The third kappa shape index (κ3) is 2.74. The topological polar surface area (TPSA) is 26.0 Å². The van der Waals surface area contributed by atoms with Gasteiger partial charge in [0.2, 0.25) is 0 Å². The number of hydrogen-bond donors (Lipinski definition) is 1. The summed E-state index contributed by atoms with van der Waals surface area (Å²) in [6.45, 7) is 4.07. The van der Waals surface area contributed by atoms with Crippen LogP contribution in [0.25, 0.3) is 0 Å². The van der Waals surface area contributed by atoms with Crippen LogP contribution in [0.4, 0.5) is 0 Å². The molecule has 2 rings (SSSR count). The van der Waals surface area contributed by atoms with Crippen LogP contribution < -0.4 is 5.73 Å². The first-order valence-corrected chi connectivity index (χ1v) is 7.25. The molecule has 1 aromatic carbocycles. The number of hydrogen-bond acceptors (Lipinski definition) is 2. The van der Waals surface area contributed by atoms with E-state index >= 15 is 0 Å². The van der Waals surface area contributed by atoms with E-state index in [4.69, 9.17) is 17.3 Å². The van der Waals surface area contributed by atoms with E-state index in [2.05, 4.69) is 28.9 Å². The highest BCUT2D eigenvalue weighted by molar-refractivity contribution is 9.10. The van der Waals surface area contributed by atoms with E-state index in [9.17, 15) is 0 Å². The number of thiophene rings is 1. The first-order chi connectivity index (χ1) is 7.99. The fraction of sp³-hybridized carbons (Fsp3) is 0.231. The molecule has 2 aromatic rings. The van der Waals surface area contributed by atoms with Gasteiger partial charge < -0.3 is 5.73 Å². The van der Waals surface area contributed by atoms with Crippen LogP contribution in [0.3, 0.4) is 0 Å². The van der Waals surface area contributed by atoms with Gasteiger partial charge in [-0.3, -0.25) is 0 Å². The minimum absolute atomic E-state index is 0.108.